The SMILES string of the molecule is CCOC(=O)Cc1csc(NN=Cc2c(C(F)(F)F)cc(F)c(F)c2F)n1. The number of carbonyl (C=O) groups excluding carboxylic acids is 1. The van der Waals surface area contributed by atoms with Gasteiger partial charge in [0, 0.05) is 10.9 Å². The standard InChI is InChI=1S/C15H11F6N3O2S/c1-2-26-11(25)3-7-6-27-14(23-7)24-22-5-8-9(15(19,20)21)4-10(16)13(18)12(8)17/h4-6H,2-3H2,1H3,(H,23,24). The first-order valence-electron chi connectivity index (χ1n) is 7.27. The Labute approximate surface area is 152 Å². The molecule has 1 heterocycles. The molecule has 0 radical (unpaired) electrons. The van der Waals surface area contributed by atoms with E-state index in [1.807, 2.05) is 0 Å². The first-order valence-corrected chi connectivity index (χ1v) is 8.15. The monoisotopic (exact) mass is 411 g/mol. The molecule has 0 amide bonds. The number of hydrogen-bond donors (Lipinski definition) is 1. The number of nitrogens with one attached hydrogen (secondary N) is 1. The van der Waals surface area contributed by atoms with E-state index in [4.69, 9.17) is 4.74 Å². The Morgan fingerprint density at radius 1 is 1.33 bits per heavy atom. The van der Waals surface area contributed by atoms with Crippen LogP contribution in [0.15, 0.2) is 16.5 Å². The maximum Gasteiger partial charge on any atom is 0.417 e. The van der Waals surface area contributed by atoms with Crippen molar-refractivity contribution in [3.05, 3.63) is 45.7 Å². The van der Waals surface area contributed by atoms with E-state index in [2.05, 4.69) is 15.5 Å². The van der Waals surface area contributed by atoms with E-state index in [-0.39, 0.29) is 24.2 Å². The number of halogens is 6. The lowest BCUT2D eigenvalue weighted by molar-refractivity contribution is -0.142. The number of thiazole rings is 1. The van der Waals surface area contributed by atoms with Gasteiger partial charge >= 0.3 is 12.1 Å². The van der Waals surface area contributed by atoms with Gasteiger partial charge in [0.25, 0.3) is 0 Å². The summed E-state index contributed by atoms with van der Waals surface area (Å²) < 4.78 is 83.4. The van der Waals surface area contributed by atoms with Crippen LogP contribution in [0.2, 0.25) is 0 Å². The summed E-state index contributed by atoms with van der Waals surface area (Å²) in [6, 6.07) is -0.152. The van der Waals surface area contributed by atoms with Gasteiger partial charge in [-0.1, -0.05) is 0 Å². The molecule has 0 saturated heterocycles. The number of alkyl halides is 3. The smallest absolute Gasteiger partial charge is 0.417 e. The van der Waals surface area contributed by atoms with Crippen molar-refractivity contribution in [3.63, 3.8) is 0 Å². The summed E-state index contributed by atoms with van der Waals surface area (Å²) in [5, 5.41) is 4.94. The highest BCUT2D eigenvalue weighted by Crippen LogP contribution is 2.34. The van der Waals surface area contributed by atoms with Gasteiger partial charge in [-0.3, -0.25) is 10.2 Å². The van der Waals surface area contributed by atoms with Crippen molar-refractivity contribution in [2.75, 3.05) is 12.0 Å². The van der Waals surface area contributed by atoms with Crippen LogP contribution in [0.5, 0.6) is 0 Å². The minimum absolute atomic E-state index is 0.0853. The highest BCUT2D eigenvalue weighted by Gasteiger charge is 2.36. The lowest BCUT2D eigenvalue weighted by Gasteiger charge is -2.11. The summed E-state index contributed by atoms with van der Waals surface area (Å²) in [4.78, 5) is 15.3. The van der Waals surface area contributed by atoms with E-state index in [1.54, 1.807) is 6.92 Å². The molecule has 2 rings (SSSR count). The molecule has 0 saturated carbocycles. The van der Waals surface area contributed by atoms with Crippen molar-refractivity contribution in [3.8, 4) is 0 Å². The second kappa shape index (κ2) is 8.37. The van der Waals surface area contributed by atoms with E-state index >= 15 is 0 Å². The number of anilines is 1. The first kappa shape index (κ1) is 20.7. The largest absolute Gasteiger partial charge is 0.466 e. The Morgan fingerprint density at radius 3 is 2.67 bits per heavy atom. The number of ether oxygens (including phenoxy) is 1. The summed E-state index contributed by atoms with van der Waals surface area (Å²) in [6.45, 7) is 1.83. The fourth-order valence-corrected chi connectivity index (χ4v) is 2.58. The summed E-state index contributed by atoms with van der Waals surface area (Å²) in [6.07, 6.45) is -4.87. The average Bonchev–Trinajstić information content (AvgIpc) is 3.01. The van der Waals surface area contributed by atoms with Gasteiger partial charge in [0.1, 0.15) is 0 Å². The zero-order chi connectivity index (χ0) is 20.2. The molecule has 0 fully saturated rings. The number of nitrogens with zero attached hydrogens (tertiary/aromatic N) is 2. The molecule has 0 unspecified atom stereocenters. The lowest BCUT2D eigenvalue weighted by atomic mass is 10.1. The van der Waals surface area contributed by atoms with Crippen molar-refractivity contribution in [2.24, 2.45) is 5.10 Å². The minimum atomic E-state index is -5.12. The van der Waals surface area contributed by atoms with Crippen LogP contribution in [0, 0.1) is 17.5 Å². The Bertz CT molecular complexity index is 866. The molecule has 0 aliphatic carbocycles. The molecule has 2 aromatic rings. The Kier molecular flexibility index (Phi) is 6.41. The highest BCUT2D eigenvalue weighted by atomic mass is 32.1. The Morgan fingerprint density at radius 2 is 2.04 bits per heavy atom. The van der Waals surface area contributed by atoms with Gasteiger partial charge in [-0.05, 0) is 13.0 Å². The molecular formula is C15H11F6N3O2S. The van der Waals surface area contributed by atoms with E-state index in [1.165, 1.54) is 5.38 Å². The van der Waals surface area contributed by atoms with E-state index in [9.17, 15) is 31.1 Å². The van der Waals surface area contributed by atoms with Crippen molar-refractivity contribution in [2.45, 2.75) is 19.5 Å². The van der Waals surface area contributed by atoms with Crippen molar-refractivity contribution < 1.29 is 35.9 Å². The second-order valence-electron chi connectivity index (χ2n) is 4.94. The van der Waals surface area contributed by atoms with Gasteiger partial charge in [0.15, 0.2) is 17.5 Å². The quantitative estimate of drug-likeness (QED) is 0.255. The topological polar surface area (TPSA) is 63.6 Å². The van der Waals surface area contributed by atoms with Gasteiger partial charge < -0.3 is 4.74 Å². The minimum Gasteiger partial charge on any atom is -0.466 e. The molecular weight excluding hydrogens is 400 g/mol. The molecule has 5 nitrogen and oxygen atoms in total. The number of carbonyl (C=O) groups is 1. The van der Waals surface area contributed by atoms with Crippen LogP contribution >= 0.6 is 11.3 Å². The zero-order valence-electron chi connectivity index (χ0n) is 13.5. The third kappa shape index (κ3) is 5.18. The van der Waals surface area contributed by atoms with E-state index in [0.717, 1.165) is 11.3 Å². The van der Waals surface area contributed by atoms with Crippen LogP contribution in [0.4, 0.5) is 31.5 Å². The third-order valence-corrected chi connectivity index (χ3v) is 3.84. The highest BCUT2D eigenvalue weighted by molar-refractivity contribution is 7.13. The molecule has 0 aliphatic heterocycles. The van der Waals surface area contributed by atoms with Crippen molar-refractivity contribution in [1.29, 1.82) is 0 Å². The summed E-state index contributed by atoms with van der Waals surface area (Å²) in [7, 11) is 0. The fraction of sp³-hybridized carbons (Fsp3) is 0.267. The van der Waals surface area contributed by atoms with Crippen LogP contribution in [-0.4, -0.2) is 23.8 Å². The van der Waals surface area contributed by atoms with Crippen molar-refractivity contribution >= 4 is 28.7 Å². The van der Waals surface area contributed by atoms with Gasteiger partial charge in [-0.2, -0.15) is 18.3 Å². The predicted octanol–water partition coefficient (Wildman–Crippen LogP) is 4.13. The summed E-state index contributed by atoms with van der Waals surface area (Å²) >= 11 is 0.971. The van der Waals surface area contributed by atoms with Crippen molar-refractivity contribution in [1.82, 2.24) is 4.98 Å². The normalized spacial score (nSPS) is 11.8. The maximum absolute atomic E-state index is 13.7. The van der Waals surface area contributed by atoms with Crippen LogP contribution in [0.25, 0.3) is 0 Å². The number of aromatic nitrogens is 1. The van der Waals surface area contributed by atoms with Crippen LogP contribution in [0.3, 0.4) is 0 Å². The van der Waals surface area contributed by atoms with Gasteiger partial charge in [-0.25, -0.2) is 18.2 Å². The molecule has 1 aromatic heterocycles. The third-order valence-electron chi connectivity index (χ3n) is 3.04. The molecule has 27 heavy (non-hydrogen) atoms. The Balaban J connectivity index is 2.18. The number of hydrazone groups is 1. The first-order chi connectivity index (χ1) is 12.6. The fourth-order valence-electron chi connectivity index (χ4n) is 1.92. The van der Waals surface area contributed by atoms with E-state index in [0.29, 0.717) is 11.9 Å². The molecule has 0 bridgehead atoms. The van der Waals surface area contributed by atoms with Gasteiger partial charge in [-0.15, -0.1) is 11.3 Å². The van der Waals surface area contributed by atoms with Crippen LogP contribution < -0.4 is 5.43 Å². The van der Waals surface area contributed by atoms with Crippen LogP contribution in [-0.2, 0) is 22.1 Å². The maximum atomic E-state index is 13.7. The van der Waals surface area contributed by atoms with E-state index < -0.39 is 40.7 Å². The second-order valence-corrected chi connectivity index (χ2v) is 5.80. The molecule has 1 aromatic carbocycles. The molecule has 1 N–H and O–H groups in total. The summed E-state index contributed by atoms with van der Waals surface area (Å²) in [5.74, 6) is -6.55. The van der Waals surface area contributed by atoms with Crippen LogP contribution in [0.1, 0.15) is 23.7 Å². The molecule has 0 atom stereocenters. The number of hydrogen-bond acceptors (Lipinski definition) is 6. The molecule has 146 valence electrons. The zero-order valence-corrected chi connectivity index (χ0v) is 14.3. The number of esters is 1. The summed E-state index contributed by atoms with van der Waals surface area (Å²) in [5.41, 5.74) is -0.424. The predicted molar refractivity (Wildman–Crippen MR) is 85.0 cm³/mol. The Hall–Kier alpha value is -2.63. The molecule has 0 aliphatic rings. The van der Waals surface area contributed by atoms with Gasteiger partial charge in [0.2, 0.25) is 5.13 Å². The number of rotatable bonds is 6. The molecule has 12 heteroatoms. The lowest BCUT2D eigenvalue weighted by Crippen LogP contribution is -2.13. The number of benzene rings is 1. The van der Waals surface area contributed by atoms with Gasteiger partial charge in [0.05, 0.1) is 30.5 Å². The average molecular weight is 411 g/mol. The molecule has 0 spiro atoms.